The van der Waals surface area contributed by atoms with E-state index in [1.165, 1.54) is 26.1 Å². The van der Waals surface area contributed by atoms with Gasteiger partial charge in [0, 0.05) is 31.1 Å². The zero-order valence-electron chi connectivity index (χ0n) is 18.4. The lowest BCUT2D eigenvalue weighted by molar-refractivity contribution is -0.0172. The minimum absolute atomic E-state index is 0.00951. The van der Waals surface area contributed by atoms with Crippen molar-refractivity contribution in [1.82, 2.24) is 9.29 Å². The monoisotopic (exact) mass is 475 g/mol. The van der Waals surface area contributed by atoms with Gasteiger partial charge in [-0.05, 0) is 43.2 Å². The molecule has 1 atom stereocenters. The van der Waals surface area contributed by atoms with Crippen LogP contribution in [-0.4, -0.2) is 55.8 Å². The fourth-order valence-corrected chi connectivity index (χ4v) is 5.20. The van der Waals surface area contributed by atoms with Crippen LogP contribution >= 0.6 is 0 Å². The number of nitrogens with one attached hydrogen (secondary N) is 1. The second kappa shape index (κ2) is 9.60. The molecule has 0 radical (unpaired) electrons. The van der Waals surface area contributed by atoms with Crippen molar-refractivity contribution in [2.45, 2.75) is 31.0 Å². The van der Waals surface area contributed by atoms with Crippen molar-refractivity contribution in [2.24, 2.45) is 0 Å². The average molecular weight is 476 g/mol. The number of ether oxygens (including phenoxy) is 2. The molecule has 0 amide bonds. The van der Waals surface area contributed by atoms with Gasteiger partial charge < -0.3 is 19.9 Å². The van der Waals surface area contributed by atoms with Crippen LogP contribution in [0.5, 0.6) is 5.75 Å². The molecule has 3 aromatic rings. The number of halogens is 1. The lowest BCUT2D eigenvalue weighted by Gasteiger charge is -2.22. The molecule has 2 aromatic carbocycles. The molecule has 0 saturated heterocycles. The standard InChI is InChI=1S/C23H26FN3O5S/c1-15(28)12-27(2)33(29,30)21-11-16-5-3-4-6-20(16)26-23(21)25-8-7-17-9-19(24)10-18-13-31-14-32-22(17)18/h3-6,9-11,15,28H,7-8,12-14H2,1-2H3,(H,25,26)/t15-/m1/s1. The summed E-state index contributed by atoms with van der Waals surface area (Å²) in [5, 5.41) is 13.5. The van der Waals surface area contributed by atoms with Crippen LogP contribution in [0.1, 0.15) is 18.1 Å². The van der Waals surface area contributed by atoms with Gasteiger partial charge in [-0.3, -0.25) is 0 Å². The van der Waals surface area contributed by atoms with Crippen LogP contribution < -0.4 is 10.1 Å². The Balaban J connectivity index is 1.64. The number of para-hydroxylation sites is 1. The van der Waals surface area contributed by atoms with E-state index in [1.54, 1.807) is 18.2 Å². The molecule has 1 aromatic heterocycles. The number of rotatable bonds is 8. The molecule has 1 aliphatic rings. The number of nitrogens with zero attached hydrogens (tertiary/aromatic N) is 2. The molecule has 0 bridgehead atoms. The van der Waals surface area contributed by atoms with Crippen LogP contribution in [0.2, 0.25) is 0 Å². The average Bonchev–Trinajstić information content (AvgIpc) is 2.78. The predicted octanol–water partition coefficient (Wildman–Crippen LogP) is 2.90. The Bertz CT molecular complexity index is 1270. The fourth-order valence-electron chi connectivity index (χ4n) is 3.82. The van der Waals surface area contributed by atoms with Gasteiger partial charge in [0.25, 0.3) is 0 Å². The zero-order valence-corrected chi connectivity index (χ0v) is 19.2. The molecule has 0 fully saturated rings. The first-order chi connectivity index (χ1) is 15.8. The lowest BCUT2D eigenvalue weighted by atomic mass is 10.1. The van der Waals surface area contributed by atoms with Gasteiger partial charge in [0.2, 0.25) is 10.0 Å². The number of sulfonamides is 1. The van der Waals surface area contributed by atoms with Crippen molar-refractivity contribution in [3.8, 4) is 5.75 Å². The van der Waals surface area contributed by atoms with E-state index in [0.29, 0.717) is 40.7 Å². The molecule has 0 saturated carbocycles. The van der Waals surface area contributed by atoms with Crippen molar-refractivity contribution in [1.29, 1.82) is 0 Å². The van der Waals surface area contributed by atoms with Crippen LogP contribution in [0.4, 0.5) is 10.2 Å². The smallest absolute Gasteiger partial charge is 0.246 e. The van der Waals surface area contributed by atoms with Gasteiger partial charge in [0.1, 0.15) is 22.3 Å². The van der Waals surface area contributed by atoms with E-state index < -0.39 is 16.1 Å². The number of pyridine rings is 1. The number of aliphatic hydroxyl groups excluding tert-OH is 1. The maximum Gasteiger partial charge on any atom is 0.246 e. The molecular weight excluding hydrogens is 449 g/mol. The van der Waals surface area contributed by atoms with Gasteiger partial charge in [0.05, 0.1) is 18.2 Å². The van der Waals surface area contributed by atoms with Gasteiger partial charge in [-0.25, -0.2) is 17.8 Å². The van der Waals surface area contributed by atoms with Crippen molar-refractivity contribution >= 4 is 26.7 Å². The number of benzene rings is 2. The summed E-state index contributed by atoms with van der Waals surface area (Å²) in [6.45, 7) is 2.15. The second-order valence-corrected chi connectivity index (χ2v) is 10.0. The van der Waals surface area contributed by atoms with Gasteiger partial charge in [-0.2, -0.15) is 4.31 Å². The number of fused-ring (bicyclic) bond motifs is 2. The van der Waals surface area contributed by atoms with E-state index >= 15 is 0 Å². The Morgan fingerprint density at radius 2 is 2.06 bits per heavy atom. The van der Waals surface area contributed by atoms with Crippen LogP contribution in [0, 0.1) is 5.82 Å². The molecule has 0 spiro atoms. The molecule has 8 nitrogen and oxygen atoms in total. The summed E-state index contributed by atoms with van der Waals surface area (Å²) in [5.74, 6) is 0.408. The van der Waals surface area contributed by atoms with Gasteiger partial charge in [-0.1, -0.05) is 18.2 Å². The van der Waals surface area contributed by atoms with E-state index in [0.717, 1.165) is 4.31 Å². The van der Waals surface area contributed by atoms with Crippen LogP contribution in [-0.2, 0) is 27.8 Å². The predicted molar refractivity (Wildman–Crippen MR) is 122 cm³/mol. The third kappa shape index (κ3) is 5.09. The summed E-state index contributed by atoms with van der Waals surface area (Å²) in [7, 11) is -2.51. The molecule has 0 unspecified atom stereocenters. The minimum Gasteiger partial charge on any atom is -0.467 e. The molecule has 10 heteroatoms. The first-order valence-electron chi connectivity index (χ1n) is 10.6. The first-order valence-corrected chi connectivity index (χ1v) is 12.0. The number of hydrogen-bond acceptors (Lipinski definition) is 7. The molecular formula is C23H26FN3O5S. The maximum absolute atomic E-state index is 14.0. The summed E-state index contributed by atoms with van der Waals surface area (Å²) < 4.78 is 52.4. The highest BCUT2D eigenvalue weighted by molar-refractivity contribution is 7.89. The highest BCUT2D eigenvalue weighted by Crippen LogP contribution is 2.31. The van der Waals surface area contributed by atoms with E-state index in [2.05, 4.69) is 10.3 Å². The van der Waals surface area contributed by atoms with E-state index in [4.69, 9.17) is 9.47 Å². The number of anilines is 1. The number of hydrogen-bond donors (Lipinski definition) is 2. The number of likely N-dealkylation sites (N-methyl/N-ethyl adjacent to an activating group) is 1. The summed E-state index contributed by atoms with van der Waals surface area (Å²) >= 11 is 0. The van der Waals surface area contributed by atoms with Crippen LogP contribution in [0.25, 0.3) is 10.9 Å². The Morgan fingerprint density at radius 1 is 1.27 bits per heavy atom. The highest BCUT2D eigenvalue weighted by atomic mass is 32.2. The normalized spacial score (nSPS) is 14.7. The summed E-state index contributed by atoms with van der Waals surface area (Å²) in [6.07, 6.45) is -0.435. The van der Waals surface area contributed by atoms with E-state index in [9.17, 15) is 17.9 Å². The zero-order chi connectivity index (χ0) is 23.6. The topological polar surface area (TPSA) is 101 Å². The Labute approximate surface area is 192 Å². The van der Waals surface area contributed by atoms with Gasteiger partial charge >= 0.3 is 0 Å². The molecule has 2 heterocycles. The molecule has 0 aliphatic carbocycles. The summed E-state index contributed by atoms with van der Waals surface area (Å²) in [6, 6.07) is 11.6. The number of aromatic nitrogens is 1. The van der Waals surface area contributed by atoms with Crippen molar-refractivity contribution in [3.05, 3.63) is 59.4 Å². The highest BCUT2D eigenvalue weighted by Gasteiger charge is 2.27. The molecule has 33 heavy (non-hydrogen) atoms. The Morgan fingerprint density at radius 3 is 2.85 bits per heavy atom. The van der Waals surface area contributed by atoms with Crippen molar-refractivity contribution < 1.29 is 27.4 Å². The minimum atomic E-state index is -3.93. The molecule has 4 rings (SSSR count). The van der Waals surface area contributed by atoms with E-state index in [1.807, 2.05) is 12.1 Å². The number of aliphatic hydroxyl groups is 1. The Kier molecular flexibility index (Phi) is 6.80. The third-order valence-corrected chi connectivity index (χ3v) is 7.17. The first kappa shape index (κ1) is 23.4. The second-order valence-electron chi connectivity index (χ2n) is 8.00. The van der Waals surface area contributed by atoms with Crippen LogP contribution in [0.15, 0.2) is 47.4 Å². The maximum atomic E-state index is 14.0. The van der Waals surface area contributed by atoms with Crippen molar-refractivity contribution in [3.63, 3.8) is 0 Å². The van der Waals surface area contributed by atoms with Gasteiger partial charge in [-0.15, -0.1) is 0 Å². The summed E-state index contributed by atoms with van der Waals surface area (Å²) in [4.78, 5) is 4.54. The quantitative estimate of drug-likeness (QED) is 0.517. The molecule has 1 aliphatic heterocycles. The lowest BCUT2D eigenvalue weighted by Crippen LogP contribution is -2.33. The fraction of sp³-hybridized carbons (Fsp3) is 0.348. The van der Waals surface area contributed by atoms with Gasteiger partial charge in [0.15, 0.2) is 6.79 Å². The third-order valence-electron chi connectivity index (χ3n) is 5.34. The largest absolute Gasteiger partial charge is 0.467 e. The SMILES string of the molecule is C[C@@H](O)CN(C)S(=O)(=O)c1cc2ccccc2nc1NCCc1cc(F)cc2c1OCOC2. The summed E-state index contributed by atoms with van der Waals surface area (Å²) in [5.41, 5.74) is 1.95. The van der Waals surface area contributed by atoms with Crippen LogP contribution in [0.3, 0.4) is 0 Å². The molecule has 176 valence electrons. The molecule has 2 N–H and O–H groups in total. The van der Waals surface area contributed by atoms with Crippen molar-refractivity contribution in [2.75, 3.05) is 32.2 Å². The Hall–Kier alpha value is -2.79. The van der Waals surface area contributed by atoms with E-state index in [-0.39, 0.29) is 36.5 Å².